The summed E-state index contributed by atoms with van der Waals surface area (Å²) in [5, 5.41) is 1.01. The molecule has 0 radical (unpaired) electrons. The molecule has 2 heterocycles. The van der Waals surface area contributed by atoms with Crippen molar-refractivity contribution in [2.24, 2.45) is 0 Å². The van der Waals surface area contributed by atoms with E-state index in [2.05, 4.69) is 9.97 Å². The number of hydrogen-bond donors (Lipinski definition) is 0. The van der Waals surface area contributed by atoms with E-state index in [1.54, 1.807) is 19.4 Å². The molecule has 0 bridgehead atoms. The number of ether oxygens (including phenoxy) is 1. The maximum atomic E-state index is 11.9. The first-order valence-electron chi connectivity index (χ1n) is 6.77. The Morgan fingerprint density at radius 1 is 1.24 bits per heavy atom. The first kappa shape index (κ1) is 13.3. The zero-order valence-corrected chi connectivity index (χ0v) is 11.9. The molecule has 106 valence electrons. The number of carbonyl (C=O) groups excluding carboxylic acids is 1. The number of pyridine rings is 1. The molecule has 0 fully saturated rings. The van der Waals surface area contributed by atoms with E-state index >= 15 is 0 Å². The molecule has 0 unspecified atom stereocenters. The van der Waals surface area contributed by atoms with E-state index in [4.69, 9.17) is 4.74 Å². The van der Waals surface area contributed by atoms with Crippen LogP contribution >= 0.6 is 0 Å². The Hall–Kier alpha value is -2.69. The molecule has 0 saturated carbocycles. The summed E-state index contributed by atoms with van der Waals surface area (Å²) in [6.07, 6.45) is 3.40. The Bertz CT molecular complexity index is 803. The fraction of sp³-hybridized carbons (Fsp3) is 0.188. The molecule has 0 aliphatic carbocycles. The maximum absolute atomic E-state index is 11.9. The normalized spacial score (nSPS) is 10.8. The Morgan fingerprint density at radius 2 is 2.10 bits per heavy atom. The zero-order chi connectivity index (χ0) is 14.8. The van der Waals surface area contributed by atoms with Crippen molar-refractivity contribution in [3.8, 4) is 5.69 Å². The summed E-state index contributed by atoms with van der Waals surface area (Å²) in [6, 6.07) is 9.77. The molecular formula is C16H15N3O2. The molecule has 0 saturated heterocycles. The number of hydrogen-bond acceptors (Lipinski definition) is 4. The summed E-state index contributed by atoms with van der Waals surface area (Å²) in [6.45, 7) is 3.97. The number of fused-ring (bicyclic) bond motifs is 1. The molecule has 2 aromatic heterocycles. The Labute approximate surface area is 122 Å². The van der Waals surface area contributed by atoms with E-state index in [1.165, 1.54) is 0 Å². The second-order valence-corrected chi connectivity index (χ2v) is 4.62. The van der Waals surface area contributed by atoms with E-state index < -0.39 is 5.97 Å². The molecule has 21 heavy (non-hydrogen) atoms. The van der Waals surface area contributed by atoms with Gasteiger partial charge in [-0.2, -0.15) is 0 Å². The standard InChI is InChI=1S/C16H15N3O2/c1-3-21-16(20)15-11(2)19(10-18-15)14-8-4-7-13-12(14)6-5-9-17-13/h4-10H,3H2,1-2H3. The minimum absolute atomic E-state index is 0.337. The number of esters is 1. The molecular weight excluding hydrogens is 266 g/mol. The Kier molecular flexibility index (Phi) is 3.39. The van der Waals surface area contributed by atoms with Gasteiger partial charge in [0.15, 0.2) is 5.69 Å². The van der Waals surface area contributed by atoms with Crippen molar-refractivity contribution < 1.29 is 9.53 Å². The first-order chi connectivity index (χ1) is 10.2. The number of rotatable bonds is 3. The summed E-state index contributed by atoms with van der Waals surface area (Å²) in [4.78, 5) is 20.4. The highest BCUT2D eigenvalue weighted by Crippen LogP contribution is 2.23. The average molecular weight is 281 g/mol. The van der Waals surface area contributed by atoms with Crippen molar-refractivity contribution in [3.05, 3.63) is 54.2 Å². The molecule has 0 aliphatic heterocycles. The van der Waals surface area contributed by atoms with Crippen molar-refractivity contribution in [2.75, 3.05) is 6.61 Å². The fourth-order valence-electron chi connectivity index (χ4n) is 2.35. The molecule has 5 heteroatoms. The van der Waals surface area contributed by atoms with Crippen LogP contribution in [0.4, 0.5) is 0 Å². The molecule has 0 spiro atoms. The van der Waals surface area contributed by atoms with E-state index in [0.717, 1.165) is 22.3 Å². The van der Waals surface area contributed by atoms with Gasteiger partial charge in [-0.3, -0.25) is 4.98 Å². The van der Waals surface area contributed by atoms with Crippen LogP contribution in [0.5, 0.6) is 0 Å². The van der Waals surface area contributed by atoms with Gasteiger partial charge in [-0.1, -0.05) is 6.07 Å². The number of nitrogens with zero attached hydrogens (tertiary/aromatic N) is 3. The molecule has 3 aromatic rings. The number of aromatic nitrogens is 3. The highest BCUT2D eigenvalue weighted by molar-refractivity contribution is 5.90. The Morgan fingerprint density at radius 3 is 2.90 bits per heavy atom. The summed E-state index contributed by atoms with van der Waals surface area (Å²) >= 11 is 0. The van der Waals surface area contributed by atoms with Crippen LogP contribution in [0.2, 0.25) is 0 Å². The third-order valence-electron chi connectivity index (χ3n) is 3.36. The molecule has 0 atom stereocenters. The van der Waals surface area contributed by atoms with E-state index in [-0.39, 0.29) is 0 Å². The smallest absolute Gasteiger partial charge is 0.358 e. The van der Waals surface area contributed by atoms with Crippen LogP contribution in [0.3, 0.4) is 0 Å². The maximum Gasteiger partial charge on any atom is 0.358 e. The van der Waals surface area contributed by atoms with Crippen LogP contribution in [0, 0.1) is 6.92 Å². The van der Waals surface area contributed by atoms with Crippen molar-refractivity contribution in [2.45, 2.75) is 13.8 Å². The van der Waals surface area contributed by atoms with Crippen LogP contribution in [0.1, 0.15) is 23.1 Å². The van der Waals surface area contributed by atoms with Gasteiger partial charge in [-0.15, -0.1) is 0 Å². The SMILES string of the molecule is CCOC(=O)c1ncn(-c2cccc3ncccc23)c1C. The predicted molar refractivity (Wildman–Crippen MR) is 79.6 cm³/mol. The first-order valence-corrected chi connectivity index (χ1v) is 6.77. The quantitative estimate of drug-likeness (QED) is 0.693. The summed E-state index contributed by atoms with van der Waals surface area (Å²) in [7, 11) is 0. The van der Waals surface area contributed by atoms with Gasteiger partial charge in [0.25, 0.3) is 0 Å². The summed E-state index contributed by atoms with van der Waals surface area (Å²) in [5.74, 6) is -0.396. The molecule has 3 rings (SSSR count). The highest BCUT2D eigenvalue weighted by atomic mass is 16.5. The monoisotopic (exact) mass is 281 g/mol. The molecule has 0 N–H and O–H groups in total. The second-order valence-electron chi connectivity index (χ2n) is 4.62. The van der Waals surface area contributed by atoms with E-state index in [0.29, 0.717) is 12.3 Å². The zero-order valence-electron chi connectivity index (χ0n) is 11.9. The lowest BCUT2D eigenvalue weighted by molar-refractivity contribution is 0.0519. The minimum Gasteiger partial charge on any atom is -0.461 e. The molecule has 0 aliphatic rings. The van der Waals surface area contributed by atoms with Gasteiger partial charge in [0.1, 0.15) is 6.33 Å². The lowest BCUT2D eigenvalue weighted by Gasteiger charge is -2.09. The third-order valence-corrected chi connectivity index (χ3v) is 3.36. The van der Waals surface area contributed by atoms with E-state index in [9.17, 15) is 4.79 Å². The van der Waals surface area contributed by atoms with Crippen LogP contribution < -0.4 is 0 Å². The average Bonchev–Trinajstić information content (AvgIpc) is 2.88. The number of benzene rings is 1. The predicted octanol–water partition coefficient (Wildman–Crippen LogP) is 2.91. The second kappa shape index (κ2) is 5.36. The van der Waals surface area contributed by atoms with Crippen molar-refractivity contribution >= 4 is 16.9 Å². The van der Waals surface area contributed by atoms with Gasteiger partial charge in [0, 0.05) is 11.6 Å². The number of carbonyl (C=O) groups is 1. The lowest BCUT2D eigenvalue weighted by Crippen LogP contribution is -2.07. The van der Waals surface area contributed by atoms with Gasteiger partial charge in [0.2, 0.25) is 0 Å². The molecule has 1 aromatic carbocycles. The summed E-state index contributed by atoms with van der Waals surface area (Å²) in [5.41, 5.74) is 2.95. The fourth-order valence-corrected chi connectivity index (χ4v) is 2.35. The van der Waals surface area contributed by atoms with Crippen LogP contribution in [0.15, 0.2) is 42.9 Å². The van der Waals surface area contributed by atoms with E-state index in [1.807, 2.05) is 41.8 Å². The van der Waals surface area contributed by atoms with Gasteiger partial charge in [0.05, 0.1) is 23.5 Å². The molecule has 5 nitrogen and oxygen atoms in total. The minimum atomic E-state index is -0.396. The summed E-state index contributed by atoms with van der Waals surface area (Å²) < 4.78 is 6.90. The largest absolute Gasteiger partial charge is 0.461 e. The van der Waals surface area contributed by atoms with Crippen LogP contribution in [-0.2, 0) is 4.74 Å². The van der Waals surface area contributed by atoms with Crippen LogP contribution in [0.25, 0.3) is 16.6 Å². The Balaban J connectivity index is 2.14. The van der Waals surface area contributed by atoms with Gasteiger partial charge in [-0.25, -0.2) is 9.78 Å². The van der Waals surface area contributed by atoms with Crippen molar-refractivity contribution in [1.29, 1.82) is 0 Å². The third kappa shape index (κ3) is 2.27. The van der Waals surface area contributed by atoms with Crippen molar-refractivity contribution in [3.63, 3.8) is 0 Å². The molecule has 0 amide bonds. The van der Waals surface area contributed by atoms with Crippen LogP contribution in [-0.4, -0.2) is 27.1 Å². The lowest BCUT2D eigenvalue weighted by atomic mass is 10.1. The topological polar surface area (TPSA) is 57.0 Å². The number of imidazole rings is 1. The van der Waals surface area contributed by atoms with Gasteiger partial charge < -0.3 is 9.30 Å². The van der Waals surface area contributed by atoms with Crippen molar-refractivity contribution in [1.82, 2.24) is 14.5 Å². The van der Waals surface area contributed by atoms with Gasteiger partial charge >= 0.3 is 5.97 Å². The van der Waals surface area contributed by atoms with Gasteiger partial charge in [-0.05, 0) is 38.1 Å². The highest BCUT2D eigenvalue weighted by Gasteiger charge is 2.17.